The third kappa shape index (κ3) is 3.55. The van der Waals surface area contributed by atoms with Gasteiger partial charge in [0, 0.05) is 0 Å². The molecule has 6 nitrogen and oxygen atoms in total. The predicted molar refractivity (Wildman–Crippen MR) is 81.1 cm³/mol. The van der Waals surface area contributed by atoms with Crippen LogP contribution in [0.25, 0.3) is 6.08 Å². The molecular weight excluding hydrogens is 340 g/mol. The number of imide groups is 1. The quantitative estimate of drug-likeness (QED) is 0.643. The highest BCUT2D eigenvalue weighted by Gasteiger charge is 2.23. The molecule has 1 aromatic rings. The number of ether oxygens (including phenoxy) is 2. The summed E-state index contributed by atoms with van der Waals surface area (Å²) in [6.45, 7) is 3.83. The highest BCUT2D eigenvalue weighted by molar-refractivity contribution is 9.10. The molecule has 0 spiro atoms. The average molecular weight is 355 g/mol. The molecule has 1 aliphatic heterocycles. The first kappa shape index (κ1) is 15.4. The lowest BCUT2D eigenvalue weighted by molar-refractivity contribution is -0.115. The largest absolute Gasteiger partial charge is 0.493 e. The Morgan fingerprint density at radius 2 is 1.95 bits per heavy atom. The van der Waals surface area contributed by atoms with Crippen molar-refractivity contribution >= 4 is 33.9 Å². The molecule has 1 fully saturated rings. The third-order valence-electron chi connectivity index (χ3n) is 2.64. The van der Waals surface area contributed by atoms with E-state index in [1.807, 2.05) is 13.8 Å². The van der Waals surface area contributed by atoms with E-state index in [0.29, 0.717) is 21.5 Å². The molecular formula is C14H15BrN2O4. The van der Waals surface area contributed by atoms with E-state index in [0.717, 1.165) is 0 Å². The van der Waals surface area contributed by atoms with Crippen LogP contribution in [-0.4, -0.2) is 25.2 Å². The van der Waals surface area contributed by atoms with Gasteiger partial charge in [-0.3, -0.25) is 10.1 Å². The maximum Gasteiger partial charge on any atom is 0.326 e. The van der Waals surface area contributed by atoms with E-state index in [-0.39, 0.29) is 11.8 Å². The van der Waals surface area contributed by atoms with E-state index in [4.69, 9.17) is 9.47 Å². The Labute approximate surface area is 130 Å². The van der Waals surface area contributed by atoms with Gasteiger partial charge in [-0.2, -0.15) is 0 Å². The Morgan fingerprint density at radius 3 is 2.48 bits per heavy atom. The maximum absolute atomic E-state index is 11.5. The summed E-state index contributed by atoms with van der Waals surface area (Å²) < 4.78 is 11.7. The Morgan fingerprint density at radius 1 is 1.24 bits per heavy atom. The standard InChI is InChI=1S/C14H15BrN2O4/c1-7(2)21-12-9(15)4-8(6-11(12)20-3)5-10-13(18)17-14(19)16-10/h4-7H,1-3H3,(H2,16,17,18,19)/b10-5-. The number of urea groups is 1. The molecule has 0 unspecified atom stereocenters. The minimum atomic E-state index is -0.531. The van der Waals surface area contributed by atoms with Crippen LogP contribution in [-0.2, 0) is 4.79 Å². The second-order valence-corrected chi connectivity index (χ2v) is 5.52. The molecule has 7 heteroatoms. The molecule has 1 aromatic carbocycles. The summed E-state index contributed by atoms with van der Waals surface area (Å²) in [6, 6.07) is 2.98. The van der Waals surface area contributed by atoms with Crippen molar-refractivity contribution < 1.29 is 19.1 Å². The van der Waals surface area contributed by atoms with Crippen LogP contribution in [0.2, 0.25) is 0 Å². The zero-order valence-electron chi connectivity index (χ0n) is 11.8. The number of carbonyl (C=O) groups excluding carboxylic acids is 2. The minimum absolute atomic E-state index is 0.000646. The minimum Gasteiger partial charge on any atom is -0.493 e. The number of nitrogens with one attached hydrogen (secondary N) is 2. The fraction of sp³-hybridized carbons (Fsp3) is 0.286. The van der Waals surface area contributed by atoms with Crippen molar-refractivity contribution in [2.24, 2.45) is 0 Å². The molecule has 0 atom stereocenters. The normalized spacial score (nSPS) is 16.1. The van der Waals surface area contributed by atoms with Crippen LogP contribution in [0, 0.1) is 0 Å². The van der Waals surface area contributed by atoms with Gasteiger partial charge in [0.15, 0.2) is 11.5 Å². The van der Waals surface area contributed by atoms with E-state index in [9.17, 15) is 9.59 Å². The molecule has 1 aliphatic rings. The summed E-state index contributed by atoms with van der Waals surface area (Å²) >= 11 is 3.42. The number of carbonyl (C=O) groups is 2. The van der Waals surface area contributed by atoms with Crippen LogP contribution in [0.15, 0.2) is 22.3 Å². The van der Waals surface area contributed by atoms with Gasteiger partial charge in [-0.05, 0) is 53.5 Å². The Hall–Kier alpha value is -2.02. The first-order valence-electron chi connectivity index (χ1n) is 6.29. The second-order valence-electron chi connectivity index (χ2n) is 4.67. The van der Waals surface area contributed by atoms with E-state index in [2.05, 4.69) is 26.6 Å². The SMILES string of the molecule is COc1cc(/C=C2\NC(=O)NC2=O)cc(Br)c1OC(C)C. The highest BCUT2D eigenvalue weighted by atomic mass is 79.9. The lowest BCUT2D eigenvalue weighted by atomic mass is 10.1. The summed E-state index contributed by atoms with van der Waals surface area (Å²) in [7, 11) is 1.54. The topological polar surface area (TPSA) is 76.7 Å². The monoisotopic (exact) mass is 354 g/mol. The smallest absolute Gasteiger partial charge is 0.326 e. The van der Waals surface area contributed by atoms with Crippen molar-refractivity contribution in [2.75, 3.05) is 7.11 Å². The van der Waals surface area contributed by atoms with Crippen LogP contribution < -0.4 is 20.1 Å². The van der Waals surface area contributed by atoms with Crippen LogP contribution in [0.1, 0.15) is 19.4 Å². The van der Waals surface area contributed by atoms with Gasteiger partial charge < -0.3 is 14.8 Å². The number of benzene rings is 1. The lowest BCUT2D eigenvalue weighted by Gasteiger charge is -2.16. The Balaban J connectivity index is 2.38. The molecule has 0 saturated carbocycles. The van der Waals surface area contributed by atoms with Gasteiger partial charge >= 0.3 is 6.03 Å². The Bertz CT molecular complexity index is 626. The molecule has 0 aromatic heterocycles. The summed E-state index contributed by atoms with van der Waals surface area (Å²) in [5, 5.41) is 4.57. The van der Waals surface area contributed by atoms with Crippen molar-refractivity contribution in [1.82, 2.24) is 10.6 Å². The number of hydrogen-bond acceptors (Lipinski definition) is 4. The fourth-order valence-electron chi connectivity index (χ4n) is 1.82. The van der Waals surface area contributed by atoms with Crippen molar-refractivity contribution in [3.05, 3.63) is 27.9 Å². The Kier molecular flexibility index (Phi) is 4.52. The molecule has 0 radical (unpaired) electrons. The molecule has 3 amide bonds. The molecule has 2 N–H and O–H groups in total. The number of amides is 3. The van der Waals surface area contributed by atoms with E-state index < -0.39 is 11.9 Å². The van der Waals surface area contributed by atoms with Crippen molar-refractivity contribution in [3.63, 3.8) is 0 Å². The van der Waals surface area contributed by atoms with E-state index in [1.165, 1.54) is 7.11 Å². The van der Waals surface area contributed by atoms with Crippen LogP contribution in [0.5, 0.6) is 11.5 Å². The third-order valence-corrected chi connectivity index (χ3v) is 3.23. The summed E-state index contributed by atoms with van der Waals surface area (Å²) in [5.74, 6) is 0.668. The summed E-state index contributed by atoms with van der Waals surface area (Å²) in [4.78, 5) is 22.6. The highest BCUT2D eigenvalue weighted by Crippen LogP contribution is 2.37. The van der Waals surface area contributed by atoms with Crippen molar-refractivity contribution in [2.45, 2.75) is 20.0 Å². The average Bonchev–Trinajstić information content (AvgIpc) is 2.70. The molecule has 1 heterocycles. The van der Waals surface area contributed by atoms with Gasteiger partial charge in [0.2, 0.25) is 0 Å². The van der Waals surface area contributed by atoms with Crippen LogP contribution in [0.4, 0.5) is 4.79 Å². The first-order valence-corrected chi connectivity index (χ1v) is 7.08. The predicted octanol–water partition coefficient (Wildman–Crippen LogP) is 2.43. The van der Waals surface area contributed by atoms with Crippen molar-refractivity contribution in [3.8, 4) is 11.5 Å². The van der Waals surface area contributed by atoms with E-state index in [1.54, 1.807) is 18.2 Å². The number of methoxy groups -OCH3 is 1. The molecule has 112 valence electrons. The molecule has 1 saturated heterocycles. The van der Waals surface area contributed by atoms with Gasteiger partial charge in [0.05, 0.1) is 17.7 Å². The van der Waals surface area contributed by atoms with Gasteiger partial charge in [-0.25, -0.2) is 4.79 Å². The summed E-state index contributed by atoms with van der Waals surface area (Å²) in [5.41, 5.74) is 0.883. The zero-order valence-corrected chi connectivity index (χ0v) is 13.4. The lowest BCUT2D eigenvalue weighted by Crippen LogP contribution is -2.22. The zero-order chi connectivity index (χ0) is 15.6. The number of hydrogen-bond donors (Lipinski definition) is 2. The van der Waals surface area contributed by atoms with Gasteiger partial charge in [0.1, 0.15) is 5.70 Å². The number of rotatable bonds is 4. The van der Waals surface area contributed by atoms with Crippen LogP contribution >= 0.6 is 15.9 Å². The first-order chi connectivity index (χ1) is 9.90. The van der Waals surface area contributed by atoms with Gasteiger partial charge in [-0.1, -0.05) is 0 Å². The van der Waals surface area contributed by atoms with E-state index >= 15 is 0 Å². The van der Waals surface area contributed by atoms with Gasteiger partial charge in [0.25, 0.3) is 5.91 Å². The molecule has 0 aliphatic carbocycles. The summed E-state index contributed by atoms with van der Waals surface area (Å²) in [6.07, 6.45) is 1.56. The van der Waals surface area contributed by atoms with Crippen molar-refractivity contribution in [1.29, 1.82) is 0 Å². The fourth-order valence-corrected chi connectivity index (χ4v) is 2.38. The maximum atomic E-state index is 11.5. The molecule has 2 rings (SSSR count). The molecule has 0 bridgehead atoms. The van der Waals surface area contributed by atoms with Gasteiger partial charge in [-0.15, -0.1) is 0 Å². The molecule has 21 heavy (non-hydrogen) atoms. The number of halogens is 1. The second kappa shape index (κ2) is 6.17. The van der Waals surface area contributed by atoms with Crippen LogP contribution in [0.3, 0.4) is 0 Å².